The van der Waals surface area contributed by atoms with E-state index >= 15 is 8.78 Å². The standard InChI is InChI=1S/C34H22F2N2/c35-31-17-7-15-27(29(31)21-37-33-19-5-11-23-9-1-3-13-25(23)33)28-16-8-18-32(36)30(28)22-38-34-20-6-12-24-10-2-4-14-26(24)34/h1-22H. The minimum Gasteiger partial charge on any atom is -0.255 e. The van der Waals surface area contributed by atoms with Gasteiger partial charge in [0.2, 0.25) is 0 Å². The van der Waals surface area contributed by atoms with E-state index in [0.717, 1.165) is 32.9 Å². The molecule has 0 atom stereocenters. The first-order valence-electron chi connectivity index (χ1n) is 12.3. The van der Waals surface area contributed by atoms with Crippen molar-refractivity contribution >= 4 is 45.3 Å². The van der Waals surface area contributed by atoms with Gasteiger partial charge in [-0.1, -0.05) is 97.1 Å². The van der Waals surface area contributed by atoms with Gasteiger partial charge in [-0.15, -0.1) is 0 Å². The second kappa shape index (κ2) is 10.2. The minimum absolute atomic E-state index is 0.283. The lowest BCUT2D eigenvalue weighted by Gasteiger charge is -2.11. The average Bonchev–Trinajstić information content (AvgIpc) is 2.96. The minimum atomic E-state index is -0.437. The van der Waals surface area contributed by atoms with Crippen LogP contribution in [0.25, 0.3) is 32.7 Å². The topological polar surface area (TPSA) is 24.7 Å². The molecule has 0 unspecified atom stereocenters. The van der Waals surface area contributed by atoms with E-state index in [1.807, 2.05) is 84.9 Å². The number of benzene rings is 6. The van der Waals surface area contributed by atoms with Crippen molar-refractivity contribution in [2.45, 2.75) is 0 Å². The first-order valence-corrected chi connectivity index (χ1v) is 12.3. The van der Waals surface area contributed by atoms with Crippen LogP contribution in [0.1, 0.15) is 11.1 Å². The molecule has 4 heteroatoms. The average molecular weight is 497 g/mol. The SMILES string of the molecule is Fc1cccc(-c2cccc(F)c2C=Nc2cccc3ccccc23)c1C=Nc1cccc2ccccc12. The Labute approximate surface area is 219 Å². The zero-order valence-electron chi connectivity index (χ0n) is 20.4. The van der Waals surface area contributed by atoms with E-state index < -0.39 is 11.6 Å². The largest absolute Gasteiger partial charge is 0.255 e. The second-order valence-corrected chi connectivity index (χ2v) is 8.92. The number of rotatable bonds is 5. The predicted molar refractivity (Wildman–Crippen MR) is 154 cm³/mol. The molecule has 2 nitrogen and oxygen atoms in total. The van der Waals surface area contributed by atoms with Crippen LogP contribution < -0.4 is 0 Å². The van der Waals surface area contributed by atoms with Crippen molar-refractivity contribution in [3.8, 4) is 11.1 Å². The van der Waals surface area contributed by atoms with E-state index in [2.05, 4.69) is 9.98 Å². The Balaban J connectivity index is 1.45. The van der Waals surface area contributed by atoms with Crippen molar-refractivity contribution in [1.82, 2.24) is 0 Å². The zero-order chi connectivity index (χ0) is 25.9. The second-order valence-electron chi connectivity index (χ2n) is 8.92. The molecule has 0 aliphatic heterocycles. The fourth-order valence-electron chi connectivity index (χ4n) is 4.72. The van der Waals surface area contributed by atoms with Crippen LogP contribution in [-0.2, 0) is 0 Å². The van der Waals surface area contributed by atoms with Crippen LogP contribution in [0.2, 0.25) is 0 Å². The molecule has 0 saturated carbocycles. The van der Waals surface area contributed by atoms with Gasteiger partial charge in [0, 0.05) is 34.3 Å². The van der Waals surface area contributed by atoms with Gasteiger partial charge >= 0.3 is 0 Å². The van der Waals surface area contributed by atoms with Gasteiger partial charge in [0.15, 0.2) is 0 Å². The van der Waals surface area contributed by atoms with E-state index in [1.54, 1.807) is 24.3 Å². The molecule has 38 heavy (non-hydrogen) atoms. The molecule has 0 radical (unpaired) electrons. The third kappa shape index (κ3) is 4.48. The quantitative estimate of drug-likeness (QED) is 0.212. The lowest BCUT2D eigenvalue weighted by Crippen LogP contribution is -1.98. The van der Waals surface area contributed by atoms with E-state index in [-0.39, 0.29) is 11.1 Å². The Morgan fingerprint density at radius 1 is 0.421 bits per heavy atom. The van der Waals surface area contributed by atoms with Crippen LogP contribution in [0.15, 0.2) is 131 Å². The predicted octanol–water partition coefficient (Wildman–Crippen LogP) is 9.44. The lowest BCUT2D eigenvalue weighted by molar-refractivity contribution is 0.624. The van der Waals surface area contributed by atoms with E-state index in [0.29, 0.717) is 11.1 Å². The molecular formula is C34H22F2N2. The Hall–Kier alpha value is -4.96. The number of hydrogen-bond donors (Lipinski definition) is 0. The summed E-state index contributed by atoms with van der Waals surface area (Å²) in [7, 11) is 0. The molecule has 0 saturated heterocycles. The maximum absolute atomic E-state index is 15.2. The third-order valence-corrected chi connectivity index (χ3v) is 6.59. The number of nitrogens with zero attached hydrogens (tertiary/aromatic N) is 2. The highest BCUT2D eigenvalue weighted by Gasteiger charge is 2.14. The van der Waals surface area contributed by atoms with Crippen molar-refractivity contribution in [1.29, 1.82) is 0 Å². The van der Waals surface area contributed by atoms with Crippen LogP contribution in [0.5, 0.6) is 0 Å². The highest BCUT2D eigenvalue weighted by molar-refractivity contribution is 6.01. The molecule has 0 bridgehead atoms. The van der Waals surface area contributed by atoms with Crippen molar-refractivity contribution in [2.24, 2.45) is 9.98 Å². The first-order chi connectivity index (χ1) is 18.7. The summed E-state index contributed by atoms with van der Waals surface area (Å²) < 4.78 is 30.4. The number of halogens is 2. The summed E-state index contributed by atoms with van der Waals surface area (Å²) in [6.07, 6.45) is 3.03. The highest BCUT2D eigenvalue weighted by Crippen LogP contribution is 2.32. The zero-order valence-corrected chi connectivity index (χ0v) is 20.4. The van der Waals surface area contributed by atoms with Crippen LogP contribution in [-0.4, -0.2) is 12.4 Å². The molecule has 0 N–H and O–H groups in total. The maximum Gasteiger partial charge on any atom is 0.132 e. The van der Waals surface area contributed by atoms with Crippen molar-refractivity contribution in [2.75, 3.05) is 0 Å². The van der Waals surface area contributed by atoms with Crippen LogP contribution in [0.3, 0.4) is 0 Å². The fourth-order valence-corrected chi connectivity index (χ4v) is 4.72. The Morgan fingerprint density at radius 2 is 0.816 bits per heavy atom. The summed E-state index contributed by atoms with van der Waals surface area (Å²) in [4.78, 5) is 9.28. The summed E-state index contributed by atoms with van der Waals surface area (Å²) in [5, 5.41) is 4.04. The summed E-state index contributed by atoms with van der Waals surface area (Å²) in [5.41, 5.74) is 3.10. The van der Waals surface area contributed by atoms with Crippen molar-refractivity contribution in [3.63, 3.8) is 0 Å². The smallest absolute Gasteiger partial charge is 0.132 e. The van der Waals surface area contributed by atoms with Gasteiger partial charge in [-0.2, -0.15) is 0 Å². The summed E-state index contributed by atoms with van der Waals surface area (Å²) in [6, 6.07) is 37.0. The van der Waals surface area contributed by atoms with Gasteiger partial charge in [-0.25, -0.2) is 8.78 Å². The number of aliphatic imine (C=N–C) groups is 2. The van der Waals surface area contributed by atoms with Gasteiger partial charge < -0.3 is 0 Å². The van der Waals surface area contributed by atoms with Crippen molar-refractivity contribution in [3.05, 3.63) is 144 Å². The molecule has 0 aliphatic carbocycles. The highest BCUT2D eigenvalue weighted by atomic mass is 19.1. The van der Waals surface area contributed by atoms with Gasteiger partial charge in [0.1, 0.15) is 11.6 Å². The van der Waals surface area contributed by atoms with Gasteiger partial charge in [0.25, 0.3) is 0 Å². The molecule has 0 amide bonds. The normalized spacial score (nSPS) is 11.7. The lowest BCUT2D eigenvalue weighted by atomic mass is 9.95. The molecule has 6 aromatic carbocycles. The van der Waals surface area contributed by atoms with E-state index in [9.17, 15) is 0 Å². The molecule has 0 aliphatic rings. The molecule has 0 spiro atoms. The molecule has 0 heterocycles. The maximum atomic E-state index is 15.2. The summed E-state index contributed by atoms with van der Waals surface area (Å²) >= 11 is 0. The fraction of sp³-hybridized carbons (Fsp3) is 0. The van der Waals surface area contributed by atoms with Crippen LogP contribution in [0.4, 0.5) is 20.2 Å². The Kier molecular flexibility index (Phi) is 6.29. The van der Waals surface area contributed by atoms with E-state index in [1.165, 1.54) is 24.6 Å². The molecular weight excluding hydrogens is 474 g/mol. The van der Waals surface area contributed by atoms with Crippen LogP contribution in [0, 0.1) is 11.6 Å². The summed E-state index contributed by atoms with van der Waals surface area (Å²) in [5.74, 6) is -0.875. The molecule has 182 valence electrons. The molecule has 0 fully saturated rings. The van der Waals surface area contributed by atoms with Gasteiger partial charge in [0.05, 0.1) is 11.4 Å². The molecule has 6 rings (SSSR count). The van der Waals surface area contributed by atoms with E-state index in [4.69, 9.17) is 0 Å². The Morgan fingerprint density at radius 3 is 1.29 bits per heavy atom. The monoisotopic (exact) mass is 496 g/mol. The Bertz CT molecular complexity index is 1710. The van der Waals surface area contributed by atoms with Crippen LogP contribution >= 0.6 is 0 Å². The third-order valence-electron chi connectivity index (χ3n) is 6.59. The molecule has 6 aromatic rings. The van der Waals surface area contributed by atoms with Crippen molar-refractivity contribution < 1.29 is 8.78 Å². The number of hydrogen-bond acceptors (Lipinski definition) is 2. The van der Waals surface area contributed by atoms with Gasteiger partial charge in [-0.3, -0.25) is 9.98 Å². The first kappa shape index (κ1) is 23.4. The summed E-state index contributed by atoms with van der Waals surface area (Å²) in [6.45, 7) is 0. The molecule has 0 aromatic heterocycles. The van der Waals surface area contributed by atoms with Gasteiger partial charge in [-0.05, 0) is 46.2 Å². The number of fused-ring (bicyclic) bond motifs is 2.